The molecule has 0 N–H and O–H groups in total. The van der Waals surface area contributed by atoms with Crippen LogP contribution in [-0.4, -0.2) is 44.3 Å². The summed E-state index contributed by atoms with van der Waals surface area (Å²) in [4.78, 5) is 7.76. The van der Waals surface area contributed by atoms with Crippen molar-refractivity contribution in [2.45, 2.75) is 22.6 Å². The topological polar surface area (TPSA) is 15.7 Å². The van der Waals surface area contributed by atoms with Crippen molar-refractivity contribution in [3.8, 4) is 0 Å². The van der Waals surface area contributed by atoms with Crippen LogP contribution in [0.5, 0.6) is 0 Å². The Bertz CT molecular complexity index is 639. The Balaban J connectivity index is 1.42. The van der Waals surface area contributed by atoms with E-state index in [1.807, 2.05) is 11.8 Å². The van der Waals surface area contributed by atoms with Gasteiger partial charge in [0.05, 0.1) is 24.6 Å². The van der Waals surface area contributed by atoms with E-state index in [1.165, 1.54) is 40.6 Å². The second-order valence-corrected chi connectivity index (χ2v) is 7.43. The van der Waals surface area contributed by atoms with Crippen LogP contribution in [-0.2, 0) is 4.74 Å². The predicted molar refractivity (Wildman–Crippen MR) is 101 cm³/mol. The molecule has 2 heterocycles. The van der Waals surface area contributed by atoms with Crippen molar-refractivity contribution in [2.75, 3.05) is 44.3 Å². The lowest BCUT2D eigenvalue weighted by Crippen LogP contribution is -2.37. The number of hydrogen-bond acceptors (Lipinski definition) is 4. The van der Waals surface area contributed by atoms with Gasteiger partial charge < -0.3 is 9.64 Å². The molecule has 1 saturated heterocycles. The fourth-order valence-corrected chi connectivity index (χ4v) is 4.55. The molecular weight excluding hydrogens is 316 g/mol. The molecule has 0 saturated carbocycles. The maximum Gasteiger partial charge on any atom is 0.0594 e. The van der Waals surface area contributed by atoms with E-state index in [0.29, 0.717) is 0 Å². The van der Waals surface area contributed by atoms with E-state index in [-0.39, 0.29) is 0 Å². The Hall–Kier alpha value is -1.49. The monoisotopic (exact) mass is 340 g/mol. The molecule has 0 unspecified atom stereocenters. The van der Waals surface area contributed by atoms with Crippen LogP contribution >= 0.6 is 11.8 Å². The number of anilines is 2. The Morgan fingerprint density at radius 2 is 1.38 bits per heavy atom. The van der Waals surface area contributed by atoms with E-state index in [9.17, 15) is 0 Å². The van der Waals surface area contributed by atoms with Gasteiger partial charge in [-0.3, -0.25) is 4.90 Å². The maximum absolute atomic E-state index is 5.43. The normalized spacial score (nSPS) is 17.4. The van der Waals surface area contributed by atoms with Crippen molar-refractivity contribution in [3.63, 3.8) is 0 Å². The van der Waals surface area contributed by atoms with Crippen LogP contribution in [0.15, 0.2) is 58.3 Å². The highest BCUT2D eigenvalue weighted by atomic mass is 32.2. The van der Waals surface area contributed by atoms with E-state index in [0.717, 1.165) is 32.8 Å². The molecule has 0 radical (unpaired) electrons. The molecule has 0 bridgehead atoms. The molecule has 1 fully saturated rings. The van der Waals surface area contributed by atoms with Crippen LogP contribution < -0.4 is 4.90 Å². The molecule has 0 spiro atoms. The lowest BCUT2D eigenvalue weighted by atomic mass is 10.2. The fraction of sp³-hybridized carbons (Fsp3) is 0.400. The van der Waals surface area contributed by atoms with Gasteiger partial charge >= 0.3 is 0 Å². The standard InChI is InChI=1S/C20H24N2OS/c1-3-9-19-17(7-1)22(18-8-2-4-10-20(18)24-19)12-6-5-11-21-13-15-23-16-14-21/h1-4,7-10H,5-6,11-16H2. The third-order valence-corrected chi connectivity index (χ3v) is 5.87. The molecule has 0 atom stereocenters. The first kappa shape index (κ1) is 16.0. The molecule has 0 aliphatic carbocycles. The first-order valence-electron chi connectivity index (χ1n) is 8.85. The number of ether oxygens (including phenoxy) is 1. The Morgan fingerprint density at radius 3 is 2.04 bits per heavy atom. The second kappa shape index (κ2) is 7.60. The minimum Gasteiger partial charge on any atom is -0.379 e. The van der Waals surface area contributed by atoms with E-state index < -0.39 is 0 Å². The summed E-state index contributed by atoms with van der Waals surface area (Å²) in [5, 5.41) is 0. The van der Waals surface area contributed by atoms with Crippen molar-refractivity contribution >= 4 is 23.1 Å². The quantitative estimate of drug-likeness (QED) is 0.749. The van der Waals surface area contributed by atoms with Gasteiger partial charge in [-0.15, -0.1) is 0 Å². The third kappa shape index (κ3) is 3.46. The lowest BCUT2D eigenvalue weighted by Gasteiger charge is -2.33. The van der Waals surface area contributed by atoms with E-state index in [4.69, 9.17) is 4.74 Å². The summed E-state index contributed by atoms with van der Waals surface area (Å²) in [5.74, 6) is 0. The zero-order chi connectivity index (χ0) is 16.2. The first-order chi connectivity index (χ1) is 11.9. The Morgan fingerprint density at radius 1 is 0.792 bits per heavy atom. The van der Waals surface area contributed by atoms with Crippen molar-refractivity contribution in [1.29, 1.82) is 0 Å². The molecular formula is C20H24N2OS. The van der Waals surface area contributed by atoms with Crippen molar-refractivity contribution in [2.24, 2.45) is 0 Å². The highest BCUT2D eigenvalue weighted by Gasteiger charge is 2.22. The highest BCUT2D eigenvalue weighted by molar-refractivity contribution is 7.99. The summed E-state index contributed by atoms with van der Waals surface area (Å²) in [6.45, 7) is 6.24. The fourth-order valence-electron chi connectivity index (χ4n) is 3.45. The number of fused-ring (bicyclic) bond motifs is 2. The van der Waals surface area contributed by atoms with Crippen LogP contribution in [0.4, 0.5) is 11.4 Å². The summed E-state index contributed by atoms with van der Waals surface area (Å²) in [6.07, 6.45) is 2.46. The summed E-state index contributed by atoms with van der Waals surface area (Å²) in [5.41, 5.74) is 2.71. The minimum atomic E-state index is 0.893. The van der Waals surface area contributed by atoms with Crippen molar-refractivity contribution in [1.82, 2.24) is 4.90 Å². The minimum absolute atomic E-state index is 0.893. The van der Waals surface area contributed by atoms with Gasteiger partial charge in [0, 0.05) is 29.4 Å². The van der Waals surface area contributed by atoms with Crippen LogP contribution in [0, 0.1) is 0 Å². The van der Waals surface area contributed by atoms with Crippen molar-refractivity contribution < 1.29 is 4.74 Å². The molecule has 24 heavy (non-hydrogen) atoms. The Labute approximate surface area is 148 Å². The molecule has 2 aliphatic heterocycles. The number of morpholine rings is 1. The van der Waals surface area contributed by atoms with Gasteiger partial charge in [0.2, 0.25) is 0 Å². The largest absolute Gasteiger partial charge is 0.379 e. The predicted octanol–water partition coefficient (Wildman–Crippen LogP) is 4.40. The highest BCUT2D eigenvalue weighted by Crippen LogP contribution is 2.47. The molecule has 2 aliphatic rings. The number of rotatable bonds is 5. The smallest absolute Gasteiger partial charge is 0.0594 e. The Kier molecular flexibility index (Phi) is 5.07. The van der Waals surface area contributed by atoms with Crippen LogP contribution in [0.2, 0.25) is 0 Å². The van der Waals surface area contributed by atoms with E-state index in [2.05, 4.69) is 58.3 Å². The van der Waals surface area contributed by atoms with Gasteiger partial charge in [-0.1, -0.05) is 36.0 Å². The molecule has 0 amide bonds. The molecule has 126 valence electrons. The molecule has 4 rings (SSSR count). The van der Waals surface area contributed by atoms with Crippen LogP contribution in [0.25, 0.3) is 0 Å². The molecule has 4 heteroatoms. The number of para-hydroxylation sites is 2. The molecule has 2 aromatic rings. The summed E-state index contributed by atoms with van der Waals surface area (Å²) < 4.78 is 5.43. The lowest BCUT2D eigenvalue weighted by molar-refractivity contribution is 0.0373. The zero-order valence-corrected chi connectivity index (χ0v) is 14.8. The second-order valence-electron chi connectivity index (χ2n) is 6.35. The average molecular weight is 340 g/mol. The van der Waals surface area contributed by atoms with Gasteiger partial charge in [0.25, 0.3) is 0 Å². The first-order valence-corrected chi connectivity index (χ1v) is 9.67. The zero-order valence-electron chi connectivity index (χ0n) is 14.0. The van der Waals surface area contributed by atoms with Crippen molar-refractivity contribution in [3.05, 3.63) is 48.5 Å². The molecule has 0 aromatic heterocycles. The van der Waals surface area contributed by atoms with E-state index in [1.54, 1.807) is 0 Å². The SMILES string of the molecule is c1ccc2c(c1)Sc1ccccc1N2CCCCN1CCOCC1. The number of hydrogen-bond donors (Lipinski definition) is 0. The van der Waals surface area contributed by atoms with Gasteiger partial charge in [-0.2, -0.15) is 0 Å². The van der Waals surface area contributed by atoms with Crippen LogP contribution in [0.1, 0.15) is 12.8 Å². The summed E-state index contributed by atoms with van der Waals surface area (Å²) >= 11 is 1.88. The van der Waals surface area contributed by atoms with Gasteiger partial charge in [0.15, 0.2) is 0 Å². The number of benzene rings is 2. The molecule has 2 aromatic carbocycles. The maximum atomic E-state index is 5.43. The van der Waals surface area contributed by atoms with E-state index >= 15 is 0 Å². The number of nitrogens with zero attached hydrogens (tertiary/aromatic N) is 2. The number of unbranched alkanes of at least 4 members (excludes halogenated alkanes) is 1. The van der Waals surface area contributed by atoms with Gasteiger partial charge in [0.1, 0.15) is 0 Å². The van der Waals surface area contributed by atoms with Gasteiger partial charge in [-0.05, 0) is 43.7 Å². The third-order valence-electron chi connectivity index (χ3n) is 4.74. The molecule has 3 nitrogen and oxygen atoms in total. The summed E-state index contributed by atoms with van der Waals surface area (Å²) in [6, 6.07) is 17.5. The van der Waals surface area contributed by atoms with Gasteiger partial charge in [-0.25, -0.2) is 0 Å². The summed E-state index contributed by atoms with van der Waals surface area (Å²) in [7, 11) is 0. The van der Waals surface area contributed by atoms with Crippen LogP contribution in [0.3, 0.4) is 0 Å². The average Bonchev–Trinajstić information content (AvgIpc) is 2.65.